The molecule has 3 fully saturated rings. The summed E-state index contributed by atoms with van der Waals surface area (Å²) in [5.41, 5.74) is 0.459. The number of hydrogen-bond donors (Lipinski definition) is 1. The molecule has 3 aliphatic heterocycles. The third kappa shape index (κ3) is 5.91. The van der Waals surface area contributed by atoms with Crippen LogP contribution in [-0.4, -0.2) is 82.3 Å². The zero-order valence-electron chi connectivity index (χ0n) is 24.2. The number of hydrogen-bond acceptors (Lipinski definition) is 8. The lowest BCUT2D eigenvalue weighted by atomic mass is 9.85. The van der Waals surface area contributed by atoms with Crippen molar-refractivity contribution in [3.8, 4) is 5.75 Å². The van der Waals surface area contributed by atoms with Gasteiger partial charge in [0.25, 0.3) is 11.8 Å². The molecule has 2 saturated heterocycles. The van der Waals surface area contributed by atoms with E-state index in [9.17, 15) is 23.6 Å². The largest absolute Gasteiger partial charge is 0.490 e. The second kappa shape index (κ2) is 12.0. The van der Waals surface area contributed by atoms with E-state index in [1.807, 2.05) is 4.90 Å². The van der Waals surface area contributed by atoms with Gasteiger partial charge in [-0.05, 0) is 79.2 Å². The number of imide groups is 2. The van der Waals surface area contributed by atoms with Gasteiger partial charge >= 0.3 is 0 Å². The number of carbonyl (C=O) groups excluding carboxylic acids is 4. The molecule has 4 heterocycles. The summed E-state index contributed by atoms with van der Waals surface area (Å²) in [4.78, 5) is 59.8. The number of fused-ring (bicyclic) bond motifs is 1. The summed E-state index contributed by atoms with van der Waals surface area (Å²) in [5.74, 6) is -0.942. The molecule has 1 unspecified atom stereocenters. The number of amides is 4. The minimum Gasteiger partial charge on any atom is -0.490 e. The van der Waals surface area contributed by atoms with Gasteiger partial charge in [0, 0.05) is 61.6 Å². The highest BCUT2D eigenvalue weighted by Gasteiger charge is 2.45. The molecule has 1 N–H and O–H groups in total. The molecule has 1 aromatic carbocycles. The van der Waals surface area contributed by atoms with Crippen LogP contribution in [0.4, 0.5) is 10.2 Å². The molecular formula is C31H35BrFN5O5. The van der Waals surface area contributed by atoms with Crippen molar-refractivity contribution in [3.63, 3.8) is 0 Å². The van der Waals surface area contributed by atoms with E-state index in [2.05, 4.69) is 45.0 Å². The molecular weight excluding hydrogens is 621 g/mol. The number of carbonyl (C=O) groups is 4. The summed E-state index contributed by atoms with van der Waals surface area (Å²) in [7, 11) is 0. The second-order valence-corrected chi connectivity index (χ2v) is 13.1. The number of rotatable bonds is 8. The molecule has 6 rings (SSSR count). The predicted octanol–water partition coefficient (Wildman–Crippen LogP) is 3.92. The van der Waals surface area contributed by atoms with Crippen molar-refractivity contribution in [2.75, 3.05) is 24.5 Å². The third-order valence-corrected chi connectivity index (χ3v) is 9.52. The fraction of sp³-hybridized carbons (Fsp3) is 0.516. The standard InChI is InChI=1S/C31H35BrFN5O5/c1-17(2)37(16-18-7-9-36(10-8-18)28-25(33)11-19(32)15-34-28)20-12-22(13-20)43-21-3-4-23-24(14-21)31(42)38(30(23)41)26-5-6-27(39)35-29(26)40/h3-4,11,14-15,17-18,20,22,26H,5-10,12-13,16H2,1-2H3,(H,35,39,40). The maximum absolute atomic E-state index is 14.4. The van der Waals surface area contributed by atoms with Crippen molar-refractivity contribution in [1.29, 1.82) is 0 Å². The van der Waals surface area contributed by atoms with E-state index in [1.165, 1.54) is 6.07 Å². The van der Waals surface area contributed by atoms with Crippen LogP contribution in [0.5, 0.6) is 5.75 Å². The van der Waals surface area contributed by atoms with Crippen LogP contribution in [0.15, 0.2) is 34.9 Å². The van der Waals surface area contributed by atoms with Crippen molar-refractivity contribution in [3.05, 3.63) is 51.9 Å². The van der Waals surface area contributed by atoms with Crippen molar-refractivity contribution in [2.24, 2.45) is 5.92 Å². The number of pyridine rings is 1. The van der Waals surface area contributed by atoms with Crippen molar-refractivity contribution >= 4 is 45.4 Å². The van der Waals surface area contributed by atoms with Gasteiger partial charge in [0.15, 0.2) is 11.6 Å². The van der Waals surface area contributed by atoms with Crippen molar-refractivity contribution in [2.45, 2.75) is 76.6 Å². The molecule has 0 spiro atoms. The van der Waals surface area contributed by atoms with Crippen LogP contribution in [0.1, 0.15) is 73.1 Å². The summed E-state index contributed by atoms with van der Waals surface area (Å²) in [5, 5.41) is 2.21. The molecule has 12 heteroatoms. The summed E-state index contributed by atoms with van der Waals surface area (Å²) in [6, 6.07) is 6.09. The monoisotopic (exact) mass is 655 g/mol. The van der Waals surface area contributed by atoms with Crippen molar-refractivity contribution < 1.29 is 28.3 Å². The highest BCUT2D eigenvalue weighted by atomic mass is 79.9. The Labute approximate surface area is 258 Å². The van der Waals surface area contributed by atoms with E-state index in [1.54, 1.807) is 24.4 Å². The van der Waals surface area contributed by atoms with E-state index in [4.69, 9.17) is 4.74 Å². The molecule has 1 aromatic heterocycles. The summed E-state index contributed by atoms with van der Waals surface area (Å²) < 4.78 is 21.3. The minimum atomic E-state index is -0.991. The van der Waals surface area contributed by atoms with Gasteiger partial charge in [0.2, 0.25) is 11.8 Å². The highest BCUT2D eigenvalue weighted by Crippen LogP contribution is 2.36. The molecule has 4 aliphatic rings. The summed E-state index contributed by atoms with van der Waals surface area (Å²) in [6.45, 7) is 6.95. The lowest BCUT2D eigenvalue weighted by molar-refractivity contribution is -0.136. The van der Waals surface area contributed by atoms with E-state index in [-0.39, 0.29) is 35.9 Å². The number of ether oxygens (including phenoxy) is 1. The molecule has 0 bridgehead atoms. The van der Waals surface area contributed by atoms with E-state index < -0.39 is 29.7 Å². The Hall–Kier alpha value is -3.38. The Balaban J connectivity index is 1.02. The Morgan fingerprint density at radius 3 is 2.47 bits per heavy atom. The number of benzene rings is 1. The van der Waals surface area contributed by atoms with Gasteiger partial charge in [0.1, 0.15) is 17.9 Å². The zero-order valence-corrected chi connectivity index (χ0v) is 25.8. The molecule has 2 aromatic rings. The van der Waals surface area contributed by atoms with Crippen LogP contribution in [0, 0.1) is 11.7 Å². The van der Waals surface area contributed by atoms with Gasteiger partial charge in [-0.2, -0.15) is 0 Å². The fourth-order valence-electron chi connectivity index (χ4n) is 6.67. The predicted molar refractivity (Wildman–Crippen MR) is 159 cm³/mol. The smallest absolute Gasteiger partial charge is 0.262 e. The quantitative estimate of drug-likeness (QED) is 0.426. The number of anilines is 1. The lowest BCUT2D eigenvalue weighted by Crippen LogP contribution is -2.54. The van der Waals surface area contributed by atoms with E-state index in [0.717, 1.165) is 50.2 Å². The van der Waals surface area contributed by atoms with Gasteiger partial charge in [-0.3, -0.25) is 34.3 Å². The van der Waals surface area contributed by atoms with Gasteiger partial charge < -0.3 is 9.64 Å². The topological polar surface area (TPSA) is 112 Å². The number of nitrogens with zero attached hydrogens (tertiary/aromatic N) is 4. The van der Waals surface area contributed by atoms with Crippen LogP contribution < -0.4 is 15.0 Å². The molecule has 1 saturated carbocycles. The average molecular weight is 657 g/mol. The van der Waals surface area contributed by atoms with Gasteiger partial charge in [-0.1, -0.05) is 0 Å². The van der Waals surface area contributed by atoms with E-state index >= 15 is 0 Å². The second-order valence-electron chi connectivity index (χ2n) is 12.2. The number of nitrogens with one attached hydrogen (secondary N) is 1. The van der Waals surface area contributed by atoms with Crippen molar-refractivity contribution in [1.82, 2.24) is 20.1 Å². The van der Waals surface area contributed by atoms with Crippen LogP contribution in [0.2, 0.25) is 0 Å². The Morgan fingerprint density at radius 1 is 1.07 bits per heavy atom. The molecule has 10 nitrogen and oxygen atoms in total. The first-order valence-corrected chi connectivity index (χ1v) is 15.7. The Kier molecular flexibility index (Phi) is 8.25. The maximum atomic E-state index is 14.4. The van der Waals surface area contributed by atoms with Crippen LogP contribution in [0.25, 0.3) is 0 Å². The Bertz CT molecular complexity index is 1460. The molecule has 4 amide bonds. The number of aromatic nitrogens is 1. The SMILES string of the molecule is CC(C)N(CC1CCN(c2ncc(Br)cc2F)CC1)C1CC(Oc2ccc3c(c2)C(=O)N(C2CCC(=O)NC2=O)C3=O)C1. The summed E-state index contributed by atoms with van der Waals surface area (Å²) >= 11 is 3.27. The van der Waals surface area contributed by atoms with Crippen LogP contribution in [0.3, 0.4) is 0 Å². The molecule has 1 aliphatic carbocycles. The van der Waals surface area contributed by atoms with Gasteiger partial charge in [0.05, 0.1) is 11.1 Å². The van der Waals surface area contributed by atoms with Gasteiger partial charge in [-0.15, -0.1) is 0 Å². The normalized spacial score (nSPS) is 24.5. The minimum absolute atomic E-state index is 0.00366. The van der Waals surface area contributed by atoms with E-state index in [0.29, 0.717) is 34.0 Å². The molecule has 0 radical (unpaired) electrons. The molecule has 1 atom stereocenters. The summed E-state index contributed by atoms with van der Waals surface area (Å²) in [6.07, 6.45) is 5.50. The lowest BCUT2D eigenvalue weighted by Gasteiger charge is -2.46. The zero-order chi connectivity index (χ0) is 30.4. The fourth-order valence-corrected chi connectivity index (χ4v) is 6.97. The average Bonchev–Trinajstić information content (AvgIpc) is 3.19. The van der Waals surface area contributed by atoms with Crippen LogP contribution >= 0.6 is 15.9 Å². The first kappa shape index (κ1) is 29.7. The number of halogens is 2. The first-order chi connectivity index (χ1) is 20.6. The maximum Gasteiger partial charge on any atom is 0.262 e. The van der Waals surface area contributed by atoms with Gasteiger partial charge in [-0.25, -0.2) is 9.37 Å². The highest BCUT2D eigenvalue weighted by molar-refractivity contribution is 9.10. The third-order valence-electron chi connectivity index (χ3n) is 9.09. The Morgan fingerprint density at radius 2 is 1.79 bits per heavy atom. The van der Waals surface area contributed by atoms with Crippen LogP contribution in [-0.2, 0) is 9.59 Å². The number of piperidine rings is 2. The molecule has 228 valence electrons. The molecule has 43 heavy (non-hydrogen) atoms. The first-order valence-electron chi connectivity index (χ1n) is 14.9.